The van der Waals surface area contributed by atoms with Gasteiger partial charge in [0, 0.05) is 16.7 Å². The molecular weight excluding hydrogens is 603 g/mol. The fourth-order valence-corrected chi connectivity index (χ4v) is 6.78. The van der Waals surface area contributed by atoms with Gasteiger partial charge in [0.2, 0.25) is 11.4 Å². The maximum atomic E-state index is 12.0. The Hall–Kier alpha value is -2.25. The van der Waals surface area contributed by atoms with Gasteiger partial charge in [-0.25, -0.2) is 4.70 Å². The van der Waals surface area contributed by atoms with Crippen molar-refractivity contribution in [2.45, 2.75) is 163 Å². The molecule has 0 radical (unpaired) electrons. The summed E-state index contributed by atoms with van der Waals surface area (Å²) in [6.45, 7) is 22.0. The average molecular weight is 670 g/mol. The Morgan fingerprint density at radius 3 is 1.48 bits per heavy atom. The molecule has 3 heteroatoms. The minimum absolute atomic E-state index is 0.931. The number of rotatable bonds is 18. The first-order chi connectivity index (χ1) is 22.1. The van der Waals surface area contributed by atoms with Gasteiger partial charge in [-0.2, -0.15) is 0 Å². The molecule has 46 heavy (non-hydrogen) atoms. The van der Waals surface area contributed by atoms with E-state index in [9.17, 15) is 5.53 Å². The van der Waals surface area contributed by atoms with Crippen molar-refractivity contribution in [1.29, 1.82) is 0 Å². The summed E-state index contributed by atoms with van der Waals surface area (Å²) in [4.78, 5) is 0. The van der Waals surface area contributed by atoms with Crippen LogP contribution in [0.4, 0.5) is 0 Å². The van der Waals surface area contributed by atoms with Crippen LogP contribution in [0.15, 0.2) is 47.6 Å². The van der Waals surface area contributed by atoms with Crippen molar-refractivity contribution >= 4 is 11.4 Å². The second kappa shape index (κ2) is 21.6. The molecule has 1 aliphatic heterocycles. The van der Waals surface area contributed by atoms with E-state index in [4.69, 9.17) is 0 Å². The van der Waals surface area contributed by atoms with Crippen LogP contribution < -0.4 is 0 Å². The van der Waals surface area contributed by atoms with Gasteiger partial charge in [0.1, 0.15) is 0 Å². The predicted octanol–water partition coefficient (Wildman–Crippen LogP) is 14.3. The van der Waals surface area contributed by atoms with Gasteiger partial charge in [0.05, 0.1) is 5.57 Å². The van der Waals surface area contributed by atoms with Gasteiger partial charge in [0.15, 0.2) is 0 Å². The van der Waals surface area contributed by atoms with Crippen LogP contribution in [-0.4, -0.2) is 4.70 Å². The molecule has 258 valence electrons. The molecule has 0 fully saturated rings. The average Bonchev–Trinajstić information content (AvgIpc) is 3.30. The summed E-state index contributed by atoms with van der Waals surface area (Å²) < 4.78 is 1.52. The Morgan fingerprint density at radius 2 is 1.02 bits per heavy atom. The zero-order chi connectivity index (χ0) is 34.1. The normalized spacial score (nSPS) is 13.4. The molecule has 0 unspecified atom stereocenters. The summed E-state index contributed by atoms with van der Waals surface area (Å²) in [7, 11) is 0. The van der Waals surface area contributed by atoms with Crippen molar-refractivity contribution in [3.05, 3.63) is 97.6 Å². The second-order valence-electron chi connectivity index (χ2n) is 13.1. The first-order valence-corrected chi connectivity index (χ1v) is 19.8. The van der Waals surface area contributed by atoms with E-state index in [2.05, 4.69) is 106 Å². The Bertz CT molecular complexity index is 1310. The fourth-order valence-electron chi connectivity index (χ4n) is 6.28. The van der Waals surface area contributed by atoms with Gasteiger partial charge in [-0.05, 0) is 125 Å². The molecule has 0 saturated carbocycles. The molecule has 1 aliphatic rings. The zero-order valence-electron chi connectivity index (χ0n) is 31.3. The van der Waals surface area contributed by atoms with E-state index in [0.717, 1.165) is 41.8 Å². The van der Waals surface area contributed by atoms with E-state index >= 15 is 0 Å². The summed E-state index contributed by atoms with van der Waals surface area (Å²) in [5.74, 6) is 0. The molecule has 3 rings (SSSR count). The van der Waals surface area contributed by atoms with E-state index in [0.29, 0.717) is 0 Å². The van der Waals surface area contributed by atoms with Gasteiger partial charge in [0.25, 0.3) is 0 Å². The van der Waals surface area contributed by atoms with E-state index in [1.807, 2.05) is 14.4 Å². The van der Waals surface area contributed by atoms with Gasteiger partial charge < -0.3 is 5.53 Å². The number of aryl methyl sites for hydroxylation is 4. The van der Waals surface area contributed by atoms with E-state index in [1.54, 1.807) is 0 Å². The number of hydrogen-bond acceptors (Lipinski definition) is 0. The topological polar surface area (TPSA) is 25.3 Å². The number of allylic oxidation sites excluding steroid dienone is 4. The van der Waals surface area contributed by atoms with Crippen molar-refractivity contribution in [3.63, 3.8) is 0 Å². The minimum atomic E-state index is 0.931. The van der Waals surface area contributed by atoms with Crippen LogP contribution in [0.1, 0.15) is 156 Å². The third kappa shape index (κ3) is 11.8. The van der Waals surface area contributed by atoms with Gasteiger partial charge in [-0.3, -0.25) is 0 Å². The van der Waals surface area contributed by atoms with Crippen LogP contribution in [0.25, 0.3) is 16.9 Å². The van der Waals surface area contributed by atoms with Crippen LogP contribution in [0, 0.1) is 41.5 Å². The van der Waals surface area contributed by atoms with Crippen molar-refractivity contribution < 1.29 is 19.1 Å². The third-order valence-electron chi connectivity index (χ3n) is 9.55. The molecule has 0 aromatic heterocycles. The quantitative estimate of drug-likeness (QED) is 0.0858. The third-order valence-corrected chi connectivity index (χ3v) is 10.5. The summed E-state index contributed by atoms with van der Waals surface area (Å²) in [6.07, 6.45) is 21.0. The molecule has 0 atom stereocenters. The van der Waals surface area contributed by atoms with Gasteiger partial charge in [-0.15, -0.1) is 0 Å². The Kier molecular flexibility index (Phi) is 18.7. The summed E-state index contributed by atoms with van der Waals surface area (Å²) >= 11 is 1.82. The Morgan fingerprint density at radius 1 is 0.587 bits per heavy atom. The summed E-state index contributed by atoms with van der Waals surface area (Å²) in [5.41, 5.74) is 26.3. The summed E-state index contributed by atoms with van der Waals surface area (Å²) in [5, 5.41) is 2.56. The first kappa shape index (κ1) is 39.9. The summed E-state index contributed by atoms with van der Waals surface area (Å²) in [6, 6.07) is 9.03. The number of hydrogen-bond donors (Lipinski definition) is 0. The number of nitrogens with zero attached hydrogens (tertiary/aromatic N) is 2. The van der Waals surface area contributed by atoms with Crippen LogP contribution >= 0.6 is 0 Å². The van der Waals surface area contributed by atoms with E-state index in [1.165, 1.54) is 124 Å². The molecule has 0 aliphatic carbocycles. The Balaban J connectivity index is 0.00000136. The van der Waals surface area contributed by atoms with Crippen LogP contribution in [0.5, 0.6) is 0 Å². The zero-order valence-corrected chi connectivity index (χ0v) is 32.3. The van der Waals surface area contributed by atoms with Crippen LogP contribution in [-0.2, 0) is 14.4 Å². The van der Waals surface area contributed by atoms with Crippen molar-refractivity contribution in [1.82, 2.24) is 0 Å². The molecule has 2 nitrogen and oxygen atoms in total. The van der Waals surface area contributed by atoms with Gasteiger partial charge in [-0.1, -0.05) is 83.8 Å². The van der Waals surface area contributed by atoms with E-state index < -0.39 is 0 Å². The monoisotopic (exact) mass is 668 g/mol. The Labute approximate surface area is 290 Å². The molecular formula is C43H66N2Ni. The fraction of sp³-hybridized carbons (Fsp3) is 0.581. The second-order valence-corrected chi connectivity index (χ2v) is 15.0. The van der Waals surface area contributed by atoms with Crippen LogP contribution in [0.3, 0.4) is 0 Å². The molecule has 1 heterocycles. The molecule has 0 saturated heterocycles. The molecule has 0 amide bonds. The molecule has 2 aromatic carbocycles. The van der Waals surface area contributed by atoms with E-state index in [-0.39, 0.29) is 0 Å². The van der Waals surface area contributed by atoms with Gasteiger partial charge >= 0.3 is 39.1 Å². The molecule has 0 bridgehead atoms. The molecule has 2 aromatic rings. The van der Waals surface area contributed by atoms with Crippen LogP contribution in [0.2, 0.25) is 10.8 Å². The maximum absolute atomic E-state index is 12.0. The first-order valence-electron chi connectivity index (χ1n) is 18.4. The number of benzene rings is 2. The molecule has 0 spiro atoms. The SMILES string of the molecule is CCCCCCCCCCC=CC1=C(c2cc(C)c(C)c(C)c2)[N+](=[N-])C(c2cc(C)c(C)c(C)c2)=C1CCCCC.C[CH2][Ni][CH2]C. The van der Waals surface area contributed by atoms with Crippen molar-refractivity contribution in [3.8, 4) is 0 Å². The molecule has 0 N–H and O–H groups in total. The standard InChI is InChI=1S/C39H56N2.2C2H5.Ni/c1-9-11-13-14-15-16-17-18-19-21-23-37-36(22-20-12-10-2)38(34-24-28(3)32(7)29(4)25-34)41(40)39(37)35-26-30(5)33(8)31(6)27-35;2*1-2;/h21,23-27H,9-20,22H2,1-8H3;2*1H2,2H3;. The number of unbranched alkanes of at least 4 members (excludes halogenated alkanes) is 10. The van der Waals surface area contributed by atoms with Crippen molar-refractivity contribution in [2.24, 2.45) is 0 Å². The van der Waals surface area contributed by atoms with Crippen molar-refractivity contribution in [2.75, 3.05) is 0 Å². The predicted molar refractivity (Wildman–Crippen MR) is 200 cm³/mol.